The summed E-state index contributed by atoms with van der Waals surface area (Å²) in [6.45, 7) is 1.13. The van der Waals surface area contributed by atoms with Crippen molar-refractivity contribution in [1.82, 2.24) is 5.32 Å². The zero-order valence-corrected chi connectivity index (χ0v) is 6.46. The molecule has 0 rings (SSSR count). The number of hydroxylamine groups is 3. The van der Waals surface area contributed by atoms with Gasteiger partial charge in [0.15, 0.2) is 0 Å². The van der Waals surface area contributed by atoms with Crippen molar-refractivity contribution < 1.29 is 9.44 Å². The minimum atomic E-state index is -0.291. The average molecular weight is 146 g/mol. The third-order valence-electron chi connectivity index (χ3n) is 1.10. The van der Waals surface area contributed by atoms with Gasteiger partial charge in [-0.25, -0.2) is 0 Å². The van der Waals surface area contributed by atoms with Crippen LogP contribution in [0, 0.1) is 5.21 Å². The van der Waals surface area contributed by atoms with Gasteiger partial charge in [0, 0.05) is 13.0 Å². The van der Waals surface area contributed by atoms with Crippen LogP contribution in [0.2, 0.25) is 0 Å². The molecule has 0 saturated carbocycles. The summed E-state index contributed by atoms with van der Waals surface area (Å²) in [5, 5.41) is 13.4. The standard InChI is InChI=1S/C6H14N2O2/c1-8(2,10)5-3-4-7-6-9/h6H,3-5H2,1-2H3,(H,7,9). The third kappa shape index (κ3) is 7.39. The quantitative estimate of drug-likeness (QED) is 0.250. The first kappa shape index (κ1) is 9.39. The van der Waals surface area contributed by atoms with Crippen LogP contribution in [-0.2, 0) is 4.79 Å². The second-order valence-electron chi connectivity index (χ2n) is 2.72. The highest BCUT2D eigenvalue weighted by molar-refractivity contribution is 5.45. The molecule has 0 aliphatic carbocycles. The van der Waals surface area contributed by atoms with Crippen molar-refractivity contribution in [3.63, 3.8) is 0 Å². The van der Waals surface area contributed by atoms with E-state index in [1.165, 1.54) is 0 Å². The summed E-state index contributed by atoms with van der Waals surface area (Å²) < 4.78 is -0.291. The largest absolute Gasteiger partial charge is 0.633 e. The van der Waals surface area contributed by atoms with Crippen molar-refractivity contribution in [3.8, 4) is 0 Å². The van der Waals surface area contributed by atoms with Gasteiger partial charge in [-0.2, -0.15) is 0 Å². The Hall–Kier alpha value is -0.610. The van der Waals surface area contributed by atoms with Gasteiger partial charge in [0.25, 0.3) is 0 Å². The second kappa shape index (κ2) is 4.24. The van der Waals surface area contributed by atoms with Crippen molar-refractivity contribution >= 4 is 6.41 Å². The number of hydrogen-bond acceptors (Lipinski definition) is 2. The van der Waals surface area contributed by atoms with Crippen LogP contribution >= 0.6 is 0 Å². The van der Waals surface area contributed by atoms with E-state index >= 15 is 0 Å². The van der Waals surface area contributed by atoms with Crippen LogP contribution in [0.4, 0.5) is 0 Å². The Morgan fingerprint density at radius 3 is 2.60 bits per heavy atom. The average Bonchev–Trinajstić information content (AvgIpc) is 1.78. The van der Waals surface area contributed by atoms with Gasteiger partial charge in [-0.15, -0.1) is 0 Å². The summed E-state index contributed by atoms with van der Waals surface area (Å²) >= 11 is 0. The number of nitrogens with one attached hydrogen (secondary N) is 1. The molecule has 0 fully saturated rings. The van der Waals surface area contributed by atoms with Gasteiger partial charge in [0.1, 0.15) is 0 Å². The number of carbonyl (C=O) groups excluding carboxylic acids is 1. The first-order valence-electron chi connectivity index (χ1n) is 3.27. The number of nitrogens with zero attached hydrogens (tertiary/aromatic N) is 1. The van der Waals surface area contributed by atoms with Crippen LogP contribution in [0.5, 0.6) is 0 Å². The van der Waals surface area contributed by atoms with Gasteiger partial charge in [-0.1, -0.05) is 0 Å². The van der Waals surface area contributed by atoms with E-state index in [0.717, 1.165) is 6.42 Å². The van der Waals surface area contributed by atoms with E-state index in [1.54, 1.807) is 14.1 Å². The highest BCUT2D eigenvalue weighted by atomic mass is 16.5. The molecule has 1 amide bonds. The fourth-order valence-electron chi connectivity index (χ4n) is 0.621. The van der Waals surface area contributed by atoms with Gasteiger partial charge in [-0.3, -0.25) is 4.79 Å². The molecular formula is C6H14N2O2. The number of quaternary nitrogens is 1. The lowest BCUT2D eigenvalue weighted by atomic mass is 10.4. The Kier molecular flexibility index (Phi) is 3.99. The Balaban J connectivity index is 3.12. The van der Waals surface area contributed by atoms with E-state index in [4.69, 9.17) is 0 Å². The summed E-state index contributed by atoms with van der Waals surface area (Å²) in [5.41, 5.74) is 0. The lowest BCUT2D eigenvalue weighted by Crippen LogP contribution is -2.34. The minimum absolute atomic E-state index is 0.291. The molecule has 0 aliphatic heterocycles. The normalized spacial score (nSPS) is 11.1. The molecule has 60 valence electrons. The summed E-state index contributed by atoms with van der Waals surface area (Å²) in [4.78, 5) is 9.74. The lowest BCUT2D eigenvalue weighted by Gasteiger charge is -2.33. The monoisotopic (exact) mass is 146 g/mol. The van der Waals surface area contributed by atoms with Crippen LogP contribution in [0.25, 0.3) is 0 Å². The van der Waals surface area contributed by atoms with E-state index in [9.17, 15) is 10.0 Å². The van der Waals surface area contributed by atoms with E-state index in [1.807, 2.05) is 0 Å². The molecule has 0 heterocycles. The lowest BCUT2D eigenvalue weighted by molar-refractivity contribution is -0.840. The van der Waals surface area contributed by atoms with E-state index in [-0.39, 0.29) is 4.65 Å². The molecule has 0 radical (unpaired) electrons. The summed E-state index contributed by atoms with van der Waals surface area (Å²) in [6.07, 6.45) is 1.38. The number of amides is 1. The van der Waals surface area contributed by atoms with Crippen LogP contribution < -0.4 is 5.32 Å². The number of hydrogen-bond donors (Lipinski definition) is 1. The maximum atomic E-state index is 10.9. The SMILES string of the molecule is C[N+](C)([O-])CCCNC=O. The van der Waals surface area contributed by atoms with Crippen molar-refractivity contribution in [2.24, 2.45) is 0 Å². The minimum Gasteiger partial charge on any atom is -0.633 e. The maximum Gasteiger partial charge on any atom is 0.207 e. The topological polar surface area (TPSA) is 52.2 Å². The molecule has 0 aromatic heterocycles. The van der Waals surface area contributed by atoms with Crippen molar-refractivity contribution in [3.05, 3.63) is 5.21 Å². The van der Waals surface area contributed by atoms with Crippen LogP contribution in [0.15, 0.2) is 0 Å². The molecule has 1 N–H and O–H groups in total. The number of carbonyl (C=O) groups is 1. The van der Waals surface area contributed by atoms with Crippen molar-refractivity contribution in [2.75, 3.05) is 27.2 Å². The molecule has 0 bridgehead atoms. The summed E-state index contributed by atoms with van der Waals surface area (Å²) in [5.74, 6) is 0. The highest BCUT2D eigenvalue weighted by Crippen LogP contribution is 1.92. The fourth-order valence-corrected chi connectivity index (χ4v) is 0.621. The van der Waals surface area contributed by atoms with E-state index in [0.29, 0.717) is 19.5 Å². The Bertz CT molecular complexity index is 98.4. The van der Waals surface area contributed by atoms with E-state index < -0.39 is 0 Å². The Morgan fingerprint density at radius 1 is 1.60 bits per heavy atom. The van der Waals surface area contributed by atoms with Gasteiger partial charge in [0.05, 0.1) is 20.6 Å². The third-order valence-corrected chi connectivity index (χ3v) is 1.10. The zero-order valence-electron chi connectivity index (χ0n) is 6.46. The molecule has 0 aromatic rings. The number of rotatable bonds is 5. The van der Waals surface area contributed by atoms with Crippen molar-refractivity contribution in [2.45, 2.75) is 6.42 Å². The van der Waals surface area contributed by atoms with E-state index in [2.05, 4.69) is 5.32 Å². The molecule has 0 unspecified atom stereocenters. The van der Waals surface area contributed by atoms with Gasteiger partial charge < -0.3 is 15.2 Å². The van der Waals surface area contributed by atoms with Gasteiger partial charge in [-0.05, 0) is 0 Å². The molecule has 4 heteroatoms. The van der Waals surface area contributed by atoms with Crippen LogP contribution in [0.3, 0.4) is 0 Å². The molecule has 0 spiro atoms. The van der Waals surface area contributed by atoms with Crippen molar-refractivity contribution in [1.29, 1.82) is 0 Å². The predicted octanol–water partition coefficient (Wildman–Crippen LogP) is -0.303. The highest BCUT2D eigenvalue weighted by Gasteiger charge is 1.98. The molecular weight excluding hydrogens is 132 g/mol. The maximum absolute atomic E-state index is 10.9. The van der Waals surface area contributed by atoms with Gasteiger partial charge >= 0.3 is 0 Å². The Morgan fingerprint density at radius 2 is 2.20 bits per heavy atom. The Labute approximate surface area is 61.0 Å². The second-order valence-corrected chi connectivity index (χ2v) is 2.72. The molecule has 0 saturated heterocycles. The fraction of sp³-hybridized carbons (Fsp3) is 0.833. The first-order chi connectivity index (χ1) is 4.56. The molecule has 0 aromatic carbocycles. The molecule has 10 heavy (non-hydrogen) atoms. The van der Waals surface area contributed by atoms with Crippen LogP contribution in [-0.4, -0.2) is 38.2 Å². The van der Waals surface area contributed by atoms with Crippen LogP contribution in [0.1, 0.15) is 6.42 Å². The van der Waals surface area contributed by atoms with Gasteiger partial charge in [0.2, 0.25) is 6.41 Å². The molecule has 0 atom stereocenters. The predicted molar refractivity (Wildman–Crippen MR) is 39.0 cm³/mol. The first-order valence-corrected chi connectivity index (χ1v) is 3.27. The summed E-state index contributed by atoms with van der Waals surface area (Å²) in [6, 6.07) is 0. The molecule has 4 nitrogen and oxygen atoms in total. The zero-order chi connectivity index (χ0) is 8.04. The smallest absolute Gasteiger partial charge is 0.207 e. The summed E-state index contributed by atoms with van der Waals surface area (Å²) in [7, 11) is 3.17. The molecule has 0 aliphatic rings.